The first kappa shape index (κ1) is 21.6. The summed E-state index contributed by atoms with van der Waals surface area (Å²) in [5, 5.41) is 9.22. The van der Waals surface area contributed by atoms with Gasteiger partial charge in [0.05, 0.1) is 29.6 Å². The zero-order chi connectivity index (χ0) is 21.9. The van der Waals surface area contributed by atoms with Crippen LogP contribution in [0.2, 0.25) is 0 Å². The molecule has 0 spiro atoms. The van der Waals surface area contributed by atoms with E-state index in [4.69, 9.17) is 4.74 Å². The first-order valence-electron chi connectivity index (χ1n) is 10.4. The molecule has 1 unspecified atom stereocenters. The molecule has 30 heavy (non-hydrogen) atoms. The fraction of sp³-hybridized carbons (Fsp3) is 0.458. The summed E-state index contributed by atoms with van der Waals surface area (Å²) in [6.45, 7) is 9.24. The summed E-state index contributed by atoms with van der Waals surface area (Å²) < 4.78 is 5.55. The number of aryl methyl sites for hydroxylation is 1. The molecule has 158 valence electrons. The number of amides is 1. The average Bonchev–Trinajstić information content (AvgIpc) is 2.72. The molecule has 1 saturated heterocycles. The van der Waals surface area contributed by atoms with Gasteiger partial charge in [0.1, 0.15) is 5.60 Å². The predicted octanol–water partition coefficient (Wildman–Crippen LogP) is 4.76. The molecular weight excluding hydrogens is 376 g/mol. The number of likely N-dealkylation sites (N-methyl/N-ethyl adjacent to an activating group) is 1. The van der Waals surface area contributed by atoms with E-state index in [9.17, 15) is 10.1 Å². The molecule has 0 saturated carbocycles. The Morgan fingerprint density at radius 3 is 2.77 bits per heavy atom. The van der Waals surface area contributed by atoms with Crippen molar-refractivity contribution in [2.24, 2.45) is 0 Å². The average molecular weight is 407 g/mol. The summed E-state index contributed by atoms with van der Waals surface area (Å²) in [5.74, 6) is 0. The molecule has 1 amide bonds. The summed E-state index contributed by atoms with van der Waals surface area (Å²) in [4.78, 5) is 20.9. The van der Waals surface area contributed by atoms with Crippen molar-refractivity contribution in [3.8, 4) is 17.2 Å². The Bertz CT molecular complexity index is 958. The highest BCUT2D eigenvalue weighted by Gasteiger charge is 2.30. The van der Waals surface area contributed by atoms with Crippen LogP contribution in [-0.2, 0) is 4.74 Å². The highest BCUT2D eigenvalue weighted by Crippen LogP contribution is 2.33. The van der Waals surface area contributed by atoms with E-state index in [1.165, 1.54) is 0 Å². The van der Waals surface area contributed by atoms with E-state index in [0.29, 0.717) is 5.56 Å². The number of carbonyl (C=O) groups excluding carboxylic acids is 1. The van der Waals surface area contributed by atoms with Crippen LogP contribution in [0.1, 0.15) is 44.7 Å². The van der Waals surface area contributed by atoms with Crippen LogP contribution in [0.4, 0.5) is 10.5 Å². The Hall–Kier alpha value is -3.07. The summed E-state index contributed by atoms with van der Waals surface area (Å²) in [7, 11) is 1.82. The molecule has 0 radical (unpaired) electrons. The molecule has 3 rings (SSSR count). The number of ether oxygens (including phenoxy) is 1. The van der Waals surface area contributed by atoms with Crippen LogP contribution in [-0.4, -0.2) is 47.8 Å². The van der Waals surface area contributed by atoms with Gasteiger partial charge in [-0.15, -0.1) is 0 Å². The maximum Gasteiger partial charge on any atom is 0.410 e. The fourth-order valence-electron chi connectivity index (χ4n) is 3.81. The van der Waals surface area contributed by atoms with Crippen molar-refractivity contribution in [2.45, 2.75) is 52.2 Å². The van der Waals surface area contributed by atoms with Gasteiger partial charge in [-0.3, -0.25) is 4.98 Å². The minimum atomic E-state index is -0.510. The lowest BCUT2D eigenvalue weighted by Crippen LogP contribution is -2.50. The number of piperidine rings is 1. The molecule has 1 aromatic carbocycles. The minimum absolute atomic E-state index is 0.0735. The third-order valence-electron chi connectivity index (χ3n) is 5.42. The molecule has 1 atom stereocenters. The number of hydrogen-bond acceptors (Lipinski definition) is 5. The zero-order valence-electron chi connectivity index (χ0n) is 18.5. The summed E-state index contributed by atoms with van der Waals surface area (Å²) >= 11 is 0. The number of nitriles is 1. The van der Waals surface area contributed by atoms with Crippen molar-refractivity contribution in [1.82, 2.24) is 9.88 Å². The van der Waals surface area contributed by atoms with Crippen LogP contribution in [0, 0.1) is 18.3 Å². The summed E-state index contributed by atoms with van der Waals surface area (Å²) in [5.41, 5.74) is 4.32. The SMILES string of the molecule is Cc1cc(-c2ccncc2N2CCCC(N(C)C(=O)OC(C)(C)C)C2)ccc1C#N. The second kappa shape index (κ2) is 8.74. The van der Waals surface area contributed by atoms with Gasteiger partial charge >= 0.3 is 6.09 Å². The van der Waals surface area contributed by atoms with Crippen LogP contribution in [0.3, 0.4) is 0 Å². The number of anilines is 1. The standard InChI is InChI=1S/C24H30N4O2/c1-17-13-18(8-9-19(17)14-25)21-10-11-26-15-22(21)28-12-6-7-20(16-28)27(5)23(29)30-24(2,3)4/h8-11,13,15,20H,6-7,12,16H2,1-5H3. The molecule has 1 aliphatic heterocycles. The lowest BCUT2D eigenvalue weighted by atomic mass is 9.98. The second-order valence-electron chi connectivity index (χ2n) is 8.87. The van der Waals surface area contributed by atoms with Crippen LogP contribution >= 0.6 is 0 Å². The molecule has 0 aliphatic carbocycles. The summed E-state index contributed by atoms with van der Waals surface area (Å²) in [6.07, 6.45) is 5.32. The van der Waals surface area contributed by atoms with Gasteiger partial charge in [0, 0.05) is 31.9 Å². The highest BCUT2D eigenvalue weighted by atomic mass is 16.6. The van der Waals surface area contributed by atoms with Gasteiger partial charge in [-0.25, -0.2) is 4.79 Å². The van der Waals surface area contributed by atoms with Gasteiger partial charge in [0.15, 0.2) is 0 Å². The molecule has 6 nitrogen and oxygen atoms in total. The Kier molecular flexibility index (Phi) is 6.31. The van der Waals surface area contributed by atoms with E-state index in [1.807, 2.05) is 65.2 Å². The highest BCUT2D eigenvalue weighted by molar-refractivity contribution is 5.79. The van der Waals surface area contributed by atoms with Crippen molar-refractivity contribution in [3.05, 3.63) is 47.8 Å². The summed E-state index contributed by atoms with van der Waals surface area (Å²) in [6, 6.07) is 10.2. The van der Waals surface area contributed by atoms with Gasteiger partial charge in [-0.1, -0.05) is 12.1 Å². The topological polar surface area (TPSA) is 69.5 Å². The molecule has 0 N–H and O–H groups in total. The van der Waals surface area contributed by atoms with Crippen LogP contribution in [0.15, 0.2) is 36.7 Å². The van der Waals surface area contributed by atoms with Crippen LogP contribution < -0.4 is 4.90 Å². The van der Waals surface area contributed by atoms with Gasteiger partial charge in [-0.05, 0) is 63.8 Å². The lowest BCUT2D eigenvalue weighted by Gasteiger charge is -2.39. The van der Waals surface area contributed by atoms with Gasteiger partial charge in [0.2, 0.25) is 0 Å². The van der Waals surface area contributed by atoms with Gasteiger partial charge in [-0.2, -0.15) is 5.26 Å². The zero-order valence-corrected chi connectivity index (χ0v) is 18.5. The number of aromatic nitrogens is 1. The van der Waals surface area contributed by atoms with E-state index in [-0.39, 0.29) is 12.1 Å². The molecule has 2 heterocycles. The predicted molar refractivity (Wildman–Crippen MR) is 118 cm³/mol. The van der Waals surface area contributed by atoms with E-state index in [1.54, 1.807) is 11.1 Å². The van der Waals surface area contributed by atoms with Crippen molar-refractivity contribution < 1.29 is 9.53 Å². The lowest BCUT2D eigenvalue weighted by molar-refractivity contribution is 0.0210. The Balaban J connectivity index is 1.84. The maximum absolute atomic E-state index is 12.5. The third-order valence-corrected chi connectivity index (χ3v) is 5.42. The first-order chi connectivity index (χ1) is 14.2. The monoisotopic (exact) mass is 406 g/mol. The largest absolute Gasteiger partial charge is 0.444 e. The van der Waals surface area contributed by atoms with E-state index in [2.05, 4.69) is 16.0 Å². The van der Waals surface area contributed by atoms with E-state index < -0.39 is 5.60 Å². The van der Waals surface area contributed by atoms with Crippen LogP contribution in [0.25, 0.3) is 11.1 Å². The smallest absolute Gasteiger partial charge is 0.410 e. The number of rotatable bonds is 3. The number of carbonyl (C=O) groups is 1. The van der Waals surface area contributed by atoms with E-state index in [0.717, 1.165) is 48.3 Å². The van der Waals surface area contributed by atoms with Gasteiger partial charge in [0.25, 0.3) is 0 Å². The number of hydrogen-bond donors (Lipinski definition) is 0. The minimum Gasteiger partial charge on any atom is -0.444 e. The van der Waals surface area contributed by atoms with E-state index >= 15 is 0 Å². The molecule has 1 aliphatic rings. The van der Waals surface area contributed by atoms with Crippen molar-refractivity contribution in [3.63, 3.8) is 0 Å². The van der Waals surface area contributed by atoms with Crippen LogP contribution in [0.5, 0.6) is 0 Å². The molecule has 6 heteroatoms. The fourth-order valence-corrected chi connectivity index (χ4v) is 3.81. The molecular formula is C24H30N4O2. The molecule has 2 aromatic rings. The quantitative estimate of drug-likeness (QED) is 0.735. The number of benzene rings is 1. The third kappa shape index (κ3) is 4.91. The Labute approximate surface area is 179 Å². The molecule has 1 aromatic heterocycles. The Morgan fingerprint density at radius 1 is 1.33 bits per heavy atom. The Morgan fingerprint density at radius 2 is 2.10 bits per heavy atom. The second-order valence-corrected chi connectivity index (χ2v) is 8.87. The van der Waals surface area contributed by atoms with Crippen molar-refractivity contribution >= 4 is 11.8 Å². The maximum atomic E-state index is 12.5. The first-order valence-corrected chi connectivity index (χ1v) is 10.4. The number of pyridine rings is 1. The number of nitrogens with zero attached hydrogens (tertiary/aromatic N) is 4. The van der Waals surface area contributed by atoms with Crippen molar-refractivity contribution in [1.29, 1.82) is 5.26 Å². The van der Waals surface area contributed by atoms with Crippen molar-refractivity contribution in [2.75, 3.05) is 25.0 Å². The molecule has 1 fully saturated rings. The normalized spacial score (nSPS) is 16.7. The van der Waals surface area contributed by atoms with Gasteiger partial charge < -0.3 is 14.5 Å². The molecule has 0 bridgehead atoms.